The van der Waals surface area contributed by atoms with Gasteiger partial charge in [0.15, 0.2) is 6.10 Å². The van der Waals surface area contributed by atoms with Crippen molar-refractivity contribution in [2.75, 3.05) is 13.6 Å². The van der Waals surface area contributed by atoms with Crippen LogP contribution < -0.4 is 4.74 Å². The van der Waals surface area contributed by atoms with E-state index in [1.165, 1.54) is 11.6 Å². The molecule has 2 atom stereocenters. The second-order valence-electron chi connectivity index (χ2n) is 9.77. The van der Waals surface area contributed by atoms with Crippen molar-refractivity contribution in [1.82, 2.24) is 9.80 Å². The standard InChI is InChI=1S/C32H33FN2O3/c1-3-30(32(36)34(2)22-27-13-9-19-37-27)38-26-16-15-23-17-18-35(21-25-12-7-8-14-29(25)33)31(28(23)20-26)24-10-5-4-6-11-24/h4-16,19-20,30-31H,3,17-18,21-22H2,1-2H3/t30-,31-/m0/s1. The van der Waals surface area contributed by atoms with Gasteiger partial charge in [0.2, 0.25) is 0 Å². The zero-order chi connectivity index (χ0) is 26.5. The summed E-state index contributed by atoms with van der Waals surface area (Å²) < 4.78 is 26.3. The van der Waals surface area contributed by atoms with Crippen LogP contribution in [0.2, 0.25) is 0 Å². The summed E-state index contributed by atoms with van der Waals surface area (Å²) in [6.45, 7) is 3.65. The third-order valence-corrected chi connectivity index (χ3v) is 7.17. The van der Waals surface area contributed by atoms with Gasteiger partial charge in [-0.3, -0.25) is 9.69 Å². The number of nitrogens with zero attached hydrogens (tertiary/aromatic N) is 2. The Kier molecular flexibility index (Phi) is 7.89. The molecule has 0 N–H and O–H groups in total. The maximum absolute atomic E-state index is 14.6. The Morgan fingerprint density at radius 2 is 1.87 bits per heavy atom. The van der Waals surface area contributed by atoms with Crippen molar-refractivity contribution in [1.29, 1.82) is 0 Å². The van der Waals surface area contributed by atoms with E-state index in [2.05, 4.69) is 29.2 Å². The van der Waals surface area contributed by atoms with Gasteiger partial charge >= 0.3 is 0 Å². The zero-order valence-corrected chi connectivity index (χ0v) is 21.8. The van der Waals surface area contributed by atoms with Crippen molar-refractivity contribution in [3.8, 4) is 5.75 Å². The molecule has 4 aromatic rings. The topological polar surface area (TPSA) is 45.9 Å². The minimum absolute atomic E-state index is 0.0551. The first-order chi connectivity index (χ1) is 18.5. The van der Waals surface area contributed by atoms with Crippen molar-refractivity contribution in [2.45, 2.75) is 45.0 Å². The van der Waals surface area contributed by atoms with Crippen molar-refractivity contribution in [2.24, 2.45) is 0 Å². The number of hydrogen-bond acceptors (Lipinski definition) is 4. The van der Waals surface area contributed by atoms with E-state index in [-0.39, 0.29) is 17.8 Å². The minimum Gasteiger partial charge on any atom is -0.481 e. The van der Waals surface area contributed by atoms with Crippen LogP contribution in [0.25, 0.3) is 0 Å². The van der Waals surface area contributed by atoms with Crippen LogP contribution in [0.1, 0.15) is 47.4 Å². The van der Waals surface area contributed by atoms with E-state index in [1.54, 1.807) is 24.3 Å². The number of carbonyl (C=O) groups is 1. The summed E-state index contributed by atoms with van der Waals surface area (Å²) in [5.74, 6) is 1.10. The van der Waals surface area contributed by atoms with E-state index in [4.69, 9.17) is 9.15 Å². The smallest absolute Gasteiger partial charge is 0.263 e. The van der Waals surface area contributed by atoms with Gasteiger partial charge in [-0.05, 0) is 59.9 Å². The second-order valence-corrected chi connectivity index (χ2v) is 9.77. The third kappa shape index (κ3) is 5.65. The van der Waals surface area contributed by atoms with Crippen LogP contribution in [0.15, 0.2) is 95.6 Å². The maximum atomic E-state index is 14.6. The molecule has 0 aliphatic carbocycles. The van der Waals surface area contributed by atoms with Crippen LogP contribution in [-0.2, 0) is 24.3 Å². The van der Waals surface area contributed by atoms with E-state index < -0.39 is 6.10 Å². The van der Waals surface area contributed by atoms with E-state index >= 15 is 0 Å². The number of hydrogen-bond donors (Lipinski definition) is 0. The van der Waals surface area contributed by atoms with Crippen LogP contribution >= 0.6 is 0 Å². The highest BCUT2D eigenvalue weighted by Crippen LogP contribution is 2.38. The number of furan rings is 1. The summed E-state index contributed by atoms with van der Waals surface area (Å²) in [7, 11) is 1.76. The SMILES string of the molecule is CC[C@H](Oc1ccc2c(c1)[C@H](c1ccccc1)N(Cc1ccccc1F)CC2)C(=O)N(C)Cc1ccco1. The molecule has 0 spiro atoms. The van der Waals surface area contributed by atoms with Crippen LogP contribution in [0.5, 0.6) is 5.75 Å². The van der Waals surface area contributed by atoms with E-state index in [9.17, 15) is 9.18 Å². The third-order valence-electron chi connectivity index (χ3n) is 7.17. The summed E-state index contributed by atoms with van der Waals surface area (Å²) in [4.78, 5) is 17.1. The Balaban J connectivity index is 1.42. The lowest BCUT2D eigenvalue weighted by Gasteiger charge is -2.38. The normalized spacial score (nSPS) is 16.0. The van der Waals surface area contributed by atoms with E-state index in [0.29, 0.717) is 30.8 Å². The minimum atomic E-state index is -0.610. The quantitative estimate of drug-likeness (QED) is 0.261. The second kappa shape index (κ2) is 11.7. The van der Waals surface area contributed by atoms with Gasteiger partial charge in [0, 0.05) is 25.7 Å². The fourth-order valence-electron chi connectivity index (χ4n) is 5.19. The monoisotopic (exact) mass is 512 g/mol. The van der Waals surface area contributed by atoms with Gasteiger partial charge in [0.25, 0.3) is 5.91 Å². The largest absolute Gasteiger partial charge is 0.481 e. The predicted molar refractivity (Wildman–Crippen MR) is 145 cm³/mol. The molecule has 38 heavy (non-hydrogen) atoms. The zero-order valence-electron chi connectivity index (χ0n) is 21.8. The molecule has 196 valence electrons. The Hall–Kier alpha value is -3.90. The molecule has 0 saturated heterocycles. The molecule has 1 amide bonds. The highest BCUT2D eigenvalue weighted by molar-refractivity contribution is 5.81. The van der Waals surface area contributed by atoms with E-state index in [1.807, 2.05) is 55.5 Å². The molecule has 6 heteroatoms. The summed E-state index contributed by atoms with van der Waals surface area (Å²) in [6, 6.07) is 27.0. The molecule has 1 aliphatic rings. The Morgan fingerprint density at radius 3 is 2.61 bits per heavy atom. The van der Waals surface area contributed by atoms with Crippen molar-refractivity contribution >= 4 is 5.91 Å². The summed E-state index contributed by atoms with van der Waals surface area (Å²) in [6.07, 6.45) is 2.39. The predicted octanol–water partition coefficient (Wildman–Crippen LogP) is 6.38. The van der Waals surface area contributed by atoms with E-state index in [0.717, 1.165) is 29.9 Å². The molecular formula is C32H33FN2O3. The molecule has 0 fully saturated rings. The van der Waals surface area contributed by atoms with Crippen molar-refractivity contribution < 1.29 is 18.3 Å². The Morgan fingerprint density at radius 1 is 1.08 bits per heavy atom. The number of fused-ring (bicyclic) bond motifs is 1. The number of ether oxygens (including phenoxy) is 1. The van der Waals surface area contributed by atoms with Crippen LogP contribution in [0.4, 0.5) is 4.39 Å². The highest BCUT2D eigenvalue weighted by atomic mass is 19.1. The van der Waals surface area contributed by atoms with Crippen molar-refractivity contribution in [3.05, 3.63) is 125 Å². The van der Waals surface area contributed by atoms with Crippen LogP contribution in [0, 0.1) is 5.82 Å². The number of halogens is 1. The molecule has 0 radical (unpaired) electrons. The molecule has 0 saturated carbocycles. The lowest BCUT2D eigenvalue weighted by molar-refractivity contribution is -0.138. The Labute approximate surface area is 223 Å². The maximum Gasteiger partial charge on any atom is 0.263 e. The molecule has 1 aromatic heterocycles. The first-order valence-electron chi connectivity index (χ1n) is 13.1. The van der Waals surface area contributed by atoms with Crippen LogP contribution in [-0.4, -0.2) is 35.4 Å². The fraction of sp³-hybridized carbons (Fsp3) is 0.281. The fourth-order valence-corrected chi connectivity index (χ4v) is 5.19. The number of carbonyl (C=O) groups excluding carboxylic acids is 1. The van der Waals surface area contributed by atoms with Gasteiger partial charge in [-0.25, -0.2) is 4.39 Å². The summed E-state index contributed by atoms with van der Waals surface area (Å²) in [5.41, 5.74) is 4.19. The molecule has 0 unspecified atom stereocenters. The van der Waals surface area contributed by atoms with Gasteiger partial charge in [-0.15, -0.1) is 0 Å². The van der Waals surface area contributed by atoms with Crippen LogP contribution in [0.3, 0.4) is 0 Å². The number of likely N-dealkylation sites (N-methyl/N-ethyl adjacent to an activating group) is 1. The summed E-state index contributed by atoms with van der Waals surface area (Å²) >= 11 is 0. The summed E-state index contributed by atoms with van der Waals surface area (Å²) in [5, 5.41) is 0. The first kappa shape index (κ1) is 25.7. The molecule has 0 bridgehead atoms. The molecule has 5 rings (SSSR count). The average molecular weight is 513 g/mol. The average Bonchev–Trinajstić information content (AvgIpc) is 3.46. The van der Waals surface area contributed by atoms with Gasteiger partial charge in [0.05, 0.1) is 18.8 Å². The Bertz CT molecular complexity index is 1360. The molecule has 2 heterocycles. The molecular weight excluding hydrogens is 479 g/mol. The van der Waals surface area contributed by atoms with Gasteiger partial charge in [-0.1, -0.05) is 61.5 Å². The highest BCUT2D eigenvalue weighted by Gasteiger charge is 2.30. The lowest BCUT2D eigenvalue weighted by Crippen LogP contribution is -2.39. The first-order valence-corrected chi connectivity index (χ1v) is 13.1. The molecule has 3 aromatic carbocycles. The molecule has 1 aliphatic heterocycles. The van der Waals surface area contributed by atoms with Gasteiger partial charge in [0.1, 0.15) is 17.3 Å². The lowest BCUT2D eigenvalue weighted by atomic mass is 9.87. The number of rotatable bonds is 9. The number of benzene rings is 3. The van der Waals surface area contributed by atoms with Gasteiger partial charge in [-0.2, -0.15) is 0 Å². The number of amides is 1. The van der Waals surface area contributed by atoms with Crippen molar-refractivity contribution in [3.63, 3.8) is 0 Å². The molecule has 5 nitrogen and oxygen atoms in total. The van der Waals surface area contributed by atoms with Gasteiger partial charge < -0.3 is 14.1 Å².